The van der Waals surface area contributed by atoms with Crippen molar-refractivity contribution in [1.29, 1.82) is 0 Å². The van der Waals surface area contributed by atoms with Crippen molar-refractivity contribution in [2.45, 2.75) is 38.6 Å². The molecule has 0 amide bonds. The van der Waals surface area contributed by atoms with Gasteiger partial charge in [-0.05, 0) is 44.4 Å². The smallest absolute Gasteiger partial charge is 0.0408 e. The van der Waals surface area contributed by atoms with Crippen LogP contribution in [0.1, 0.15) is 37.3 Å². The molecule has 1 saturated heterocycles. The van der Waals surface area contributed by atoms with Crippen molar-refractivity contribution in [3.63, 3.8) is 0 Å². The fourth-order valence-electron chi connectivity index (χ4n) is 2.48. The molecule has 0 saturated carbocycles. The standard InChI is InChI=1S/C13H19N.ClH/c1-11-7-3-4-8-12(11)13(2)9-5-6-10-14-13;/h3-4,7-8,14H,5-6,9-10H2,1-2H3;1H. The zero-order valence-corrected chi connectivity index (χ0v) is 10.4. The minimum atomic E-state index is 0. The summed E-state index contributed by atoms with van der Waals surface area (Å²) in [5.41, 5.74) is 3.09. The van der Waals surface area contributed by atoms with Gasteiger partial charge < -0.3 is 5.32 Å². The molecule has 0 radical (unpaired) electrons. The summed E-state index contributed by atoms with van der Waals surface area (Å²) in [6.45, 7) is 5.69. The van der Waals surface area contributed by atoms with Gasteiger partial charge in [0.2, 0.25) is 0 Å². The number of hydrogen-bond acceptors (Lipinski definition) is 1. The number of piperidine rings is 1. The van der Waals surface area contributed by atoms with E-state index in [9.17, 15) is 0 Å². The Hall–Kier alpha value is -0.530. The fourth-order valence-corrected chi connectivity index (χ4v) is 2.48. The van der Waals surface area contributed by atoms with E-state index in [2.05, 4.69) is 43.4 Å². The van der Waals surface area contributed by atoms with Crippen LogP contribution >= 0.6 is 12.4 Å². The molecule has 1 aromatic carbocycles. The summed E-state index contributed by atoms with van der Waals surface area (Å²) in [5.74, 6) is 0. The van der Waals surface area contributed by atoms with E-state index < -0.39 is 0 Å². The van der Waals surface area contributed by atoms with Crippen molar-refractivity contribution < 1.29 is 0 Å². The Morgan fingerprint density at radius 2 is 1.93 bits per heavy atom. The Kier molecular flexibility index (Phi) is 4.18. The largest absolute Gasteiger partial charge is 0.308 e. The summed E-state index contributed by atoms with van der Waals surface area (Å²) < 4.78 is 0. The molecule has 0 aromatic heterocycles. The van der Waals surface area contributed by atoms with Crippen LogP contribution in [0.3, 0.4) is 0 Å². The fraction of sp³-hybridized carbons (Fsp3) is 0.538. The molecule has 1 fully saturated rings. The second-order valence-corrected chi connectivity index (χ2v) is 4.53. The Morgan fingerprint density at radius 3 is 2.53 bits per heavy atom. The van der Waals surface area contributed by atoms with E-state index in [1.165, 1.54) is 30.4 Å². The highest BCUT2D eigenvalue weighted by Crippen LogP contribution is 2.31. The van der Waals surface area contributed by atoms with Gasteiger partial charge in [0.15, 0.2) is 0 Å². The summed E-state index contributed by atoms with van der Waals surface area (Å²) in [7, 11) is 0. The number of aryl methyl sites for hydroxylation is 1. The lowest BCUT2D eigenvalue weighted by Crippen LogP contribution is -2.43. The first-order chi connectivity index (χ1) is 6.72. The molecule has 2 heteroatoms. The third-order valence-corrected chi connectivity index (χ3v) is 3.36. The quantitative estimate of drug-likeness (QED) is 0.773. The van der Waals surface area contributed by atoms with Crippen LogP contribution < -0.4 is 5.32 Å². The predicted molar refractivity (Wildman–Crippen MR) is 67.6 cm³/mol. The van der Waals surface area contributed by atoms with Gasteiger partial charge in [0, 0.05) is 5.54 Å². The van der Waals surface area contributed by atoms with Crippen LogP contribution in [0.15, 0.2) is 24.3 Å². The second-order valence-electron chi connectivity index (χ2n) is 4.53. The summed E-state index contributed by atoms with van der Waals surface area (Å²) >= 11 is 0. The van der Waals surface area contributed by atoms with Crippen molar-refractivity contribution in [3.05, 3.63) is 35.4 Å². The zero-order valence-electron chi connectivity index (χ0n) is 9.55. The second kappa shape index (κ2) is 5.00. The molecule has 1 N–H and O–H groups in total. The summed E-state index contributed by atoms with van der Waals surface area (Å²) in [6, 6.07) is 8.72. The first kappa shape index (κ1) is 12.5. The Bertz CT molecular complexity index is 316. The highest BCUT2D eigenvalue weighted by molar-refractivity contribution is 5.85. The SMILES string of the molecule is Cc1ccccc1C1(C)CCCCN1.Cl. The summed E-state index contributed by atoms with van der Waals surface area (Å²) in [4.78, 5) is 0. The van der Waals surface area contributed by atoms with E-state index in [0.717, 1.165) is 6.54 Å². The number of halogens is 1. The van der Waals surface area contributed by atoms with Gasteiger partial charge in [-0.25, -0.2) is 0 Å². The molecule has 1 unspecified atom stereocenters. The Morgan fingerprint density at radius 1 is 1.20 bits per heavy atom. The highest BCUT2D eigenvalue weighted by Gasteiger charge is 2.28. The van der Waals surface area contributed by atoms with Gasteiger partial charge >= 0.3 is 0 Å². The van der Waals surface area contributed by atoms with E-state index in [-0.39, 0.29) is 17.9 Å². The first-order valence-electron chi connectivity index (χ1n) is 5.53. The lowest BCUT2D eigenvalue weighted by molar-refractivity contribution is 0.282. The highest BCUT2D eigenvalue weighted by atomic mass is 35.5. The molecule has 0 aliphatic carbocycles. The van der Waals surface area contributed by atoms with E-state index >= 15 is 0 Å². The van der Waals surface area contributed by atoms with Crippen molar-refractivity contribution in [1.82, 2.24) is 5.32 Å². The predicted octanol–water partition coefficient (Wildman–Crippen LogP) is 3.41. The van der Waals surface area contributed by atoms with Gasteiger partial charge in [-0.15, -0.1) is 12.4 Å². The average Bonchev–Trinajstić information content (AvgIpc) is 2.19. The lowest BCUT2D eigenvalue weighted by atomic mass is 9.82. The van der Waals surface area contributed by atoms with Crippen molar-refractivity contribution in [2.75, 3.05) is 6.54 Å². The van der Waals surface area contributed by atoms with Crippen molar-refractivity contribution in [3.8, 4) is 0 Å². The molecular formula is C13H20ClN. The monoisotopic (exact) mass is 225 g/mol. The summed E-state index contributed by atoms with van der Waals surface area (Å²) in [5, 5.41) is 3.65. The van der Waals surface area contributed by atoms with Gasteiger partial charge in [-0.2, -0.15) is 0 Å². The molecule has 1 atom stereocenters. The molecule has 15 heavy (non-hydrogen) atoms. The number of benzene rings is 1. The minimum Gasteiger partial charge on any atom is -0.308 e. The number of hydrogen-bond donors (Lipinski definition) is 1. The molecule has 0 bridgehead atoms. The van der Waals surface area contributed by atoms with Gasteiger partial charge in [-0.1, -0.05) is 30.7 Å². The maximum atomic E-state index is 3.65. The van der Waals surface area contributed by atoms with Crippen LogP contribution in [0.4, 0.5) is 0 Å². The van der Waals surface area contributed by atoms with Crippen LogP contribution in [0.2, 0.25) is 0 Å². The van der Waals surface area contributed by atoms with Crippen LogP contribution in [-0.4, -0.2) is 6.54 Å². The third-order valence-electron chi connectivity index (χ3n) is 3.36. The topological polar surface area (TPSA) is 12.0 Å². The molecule has 1 aromatic rings. The average molecular weight is 226 g/mol. The number of nitrogens with one attached hydrogen (secondary N) is 1. The normalized spacial score (nSPS) is 25.7. The molecule has 1 heterocycles. The van der Waals surface area contributed by atoms with Crippen LogP contribution in [0, 0.1) is 6.92 Å². The molecule has 1 nitrogen and oxygen atoms in total. The van der Waals surface area contributed by atoms with Crippen molar-refractivity contribution in [2.24, 2.45) is 0 Å². The molecule has 2 rings (SSSR count). The van der Waals surface area contributed by atoms with E-state index in [1.807, 2.05) is 0 Å². The maximum absolute atomic E-state index is 3.65. The zero-order chi connectivity index (χ0) is 10.0. The molecule has 0 spiro atoms. The van der Waals surface area contributed by atoms with Gasteiger partial charge in [-0.3, -0.25) is 0 Å². The van der Waals surface area contributed by atoms with E-state index in [1.54, 1.807) is 0 Å². The third kappa shape index (κ3) is 2.53. The van der Waals surface area contributed by atoms with Crippen molar-refractivity contribution >= 4 is 12.4 Å². The van der Waals surface area contributed by atoms with E-state index in [0.29, 0.717) is 0 Å². The van der Waals surface area contributed by atoms with Gasteiger partial charge in [0.05, 0.1) is 0 Å². The Labute approximate surface area is 98.7 Å². The lowest BCUT2D eigenvalue weighted by Gasteiger charge is -2.36. The van der Waals surface area contributed by atoms with Crippen LogP contribution in [0.5, 0.6) is 0 Å². The number of rotatable bonds is 1. The summed E-state index contributed by atoms with van der Waals surface area (Å²) in [6.07, 6.45) is 3.93. The Balaban J connectivity index is 0.00000112. The first-order valence-corrected chi connectivity index (χ1v) is 5.53. The molecule has 1 aliphatic heterocycles. The van der Waals surface area contributed by atoms with Gasteiger partial charge in [0.25, 0.3) is 0 Å². The minimum absolute atomic E-state index is 0. The van der Waals surface area contributed by atoms with E-state index in [4.69, 9.17) is 0 Å². The van der Waals surface area contributed by atoms with Crippen LogP contribution in [0.25, 0.3) is 0 Å². The maximum Gasteiger partial charge on any atom is 0.0408 e. The molecular weight excluding hydrogens is 206 g/mol. The molecule has 1 aliphatic rings. The van der Waals surface area contributed by atoms with Gasteiger partial charge in [0.1, 0.15) is 0 Å². The molecule has 84 valence electrons. The van der Waals surface area contributed by atoms with Crippen LogP contribution in [-0.2, 0) is 5.54 Å².